The van der Waals surface area contributed by atoms with Gasteiger partial charge in [0.15, 0.2) is 5.96 Å². The molecule has 0 atom stereocenters. The largest absolute Gasteiger partial charge is 0.370 e. The second kappa shape index (κ2) is 10.2. The molecule has 0 saturated carbocycles. The standard InChI is InChI=1S/C21H25ClN6.HI/c22-16-7-9-17(10-8-16)27-12-14-28(15-13-27)21(23)24-11-3-6-20-25-18-4-1-2-5-19(18)26-20;/h1-2,4-5,7-10H,3,6,11-15H2,(H2,23,24)(H,25,26);1H. The number of benzene rings is 2. The van der Waals surface area contributed by atoms with Crippen molar-refractivity contribution < 1.29 is 0 Å². The van der Waals surface area contributed by atoms with Crippen LogP contribution >= 0.6 is 35.6 Å². The number of aromatic nitrogens is 2. The van der Waals surface area contributed by atoms with Crippen LogP contribution in [0.5, 0.6) is 0 Å². The number of aliphatic imine (C=N–C) groups is 1. The molecule has 1 aliphatic rings. The van der Waals surface area contributed by atoms with Crippen molar-refractivity contribution in [2.75, 3.05) is 37.6 Å². The lowest BCUT2D eigenvalue weighted by Gasteiger charge is -2.36. The number of para-hydroxylation sites is 2. The average molecular weight is 525 g/mol. The third-order valence-corrected chi connectivity index (χ3v) is 5.33. The molecule has 0 unspecified atom stereocenters. The second-order valence-electron chi connectivity index (χ2n) is 6.99. The number of anilines is 1. The quantitative estimate of drug-likeness (QED) is 0.230. The van der Waals surface area contributed by atoms with Gasteiger partial charge < -0.3 is 20.5 Å². The van der Waals surface area contributed by atoms with E-state index >= 15 is 0 Å². The third-order valence-electron chi connectivity index (χ3n) is 5.08. The molecule has 4 rings (SSSR count). The molecule has 154 valence electrons. The molecular formula is C21H26ClIN6. The van der Waals surface area contributed by atoms with E-state index in [0.717, 1.165) is 60.9 Å². The van der Waals surface area contributed by atoms with E-state index in [2.05, 4.69) is 36.9 Å². The van der Waals surface area contributed by atoms with Gasteiger partial charge in [-0.25, -0.2) is 4.98 Å². The molecule has 0 spiro atoms. The molecule has 1 saturated heterocycles. The maximum Gasteiger partial charge on any atom is 0.191 e. The van der Waals surface area contributed by atoms with Crippen LogP contribution in [0.25, 0.3) is 11.0 Å². The Balaban J connectivity index is 0.00000240. The van der Waals surface area contributed by atoms with E-state index in [1.54, 1.807) is 0 Å². The van der Waals surface area contributed by atoms with Crippen LogP contribution in [0.15, 0.2) is 53.5 Å². The Bertz CT molecular complexity index is 914. The fourth-order valence-corrected chi connectivity index (χ4v) is 3.64. The highest BCUT2D eigenvalue weighted by atomic mass is 127. The van der Waals surface area contributed by atoms with Crippen molar-refractivity contribution >= 4 is 58.3 Å². The highest BCUT2D eigenvalue weighted by Gasteiger charge is 2.18. The van der Waals surface area contributed by atoms with Crippen LogP contribution in [0.2, 0.25) is 5.02 Å². The molecule has 8 heteroatoms. The van der Waals surface area contributed by atoms with Gasteiger partial charge in [-0.05, 0) is 42.8 Å². The molecule has 2 aromatic carbocycles. The van der Waals surface area contributed by atoms with Gasteiger partial charge >= 0.3 is 0 Å². The number of aromatic amines is 1. The highest BCUT2D eigenvalue weighted by Crippen LogP contribution is 2.19. The predicted octanol–water partition coefficient (Wildman–Crippen LogP) is 3.90. The minimum Gasteiger partial charge on any atom is -0.370 e. The molecule has 0 amide bonds. The van der Waals surface area contributed by atoms with Crippen molar-refractivity contribution in [3.63, 3.8) is 0 Å². The molecular weight excluding hydrogens is 499 g/mol. The third kappa shape index (κ3) is 5.54. The van der Waals surface area contributed by atoms with E-state index in [1.165, 1.54) is 5.69 Å². The summed E-state index contributed by atoms with van der Waals surface area (Å²) in [6.45, 7) is 4.32. The maximum atomic E-state index is 6.21. The minimum atomic E-state index is 0. The highest BCUT2D eigenvalue weighted by molar-refractivity contribution is 14.0. The van der Waals surface area contributed by atoms with Crippen molar-refractivity contribution in [1.29, 1.82) is 0 Å². The molecule has 3 aromatic rings. The number of nitrogens with one attached hydrogen (secondary N) is 1. The van der Waals surface area contributed by atoms with E-state index in [-0.39, 0.29) is 24.0 Å². The molecule has 1 aliphatic heterocycles. The summed E-state index contributed by atoms with van der Waals surface area (Å²) < 4.78 is 0. The summed E-state index contributed by atoms with van der Waals surface area (Å²) >= 11 is 5.97. The number of hydrogen-bond donors (Lipinski definition) is 2. The van der Waals surface area contributed by atoms with E-state index in [9.17, 15) is 0 Å². The Morgan fingerprint density at radius 2 is 1.79 bits per heavy atom. The van der Waals surface area contributed by atoms with E-state index < -0.39 is 0 Å². The van der Waals surface area contributed by atoms with Crippen LogP contribution in [0.1, 0.15) is 12.2 Å². The Hall–Kier alpha value is -2.00. The van der Waals surface area contributed by atoms with Crippen molar-refractivity contribution in [1.82, 2.24) is 14.9 Å². The molecule has 0 aliphatic carbocycles. The zero-order valence-corrected chi connectivity index (χ0v) is 19.3. The summed E-state index contributed by atoms with van der Waals surface area (Å²) in [5.41, 5.74) is 9.50. The summed E-state index contributed by atoms with van der Waals surface area (Å²) in [6.07, 6.45) is 1.79. The monoisotopic (exact) mass is 524 g/mol. The van der Waals surface area contributed by atoms with Crippen LogP contribution in [0.3, 0.4) is 0 Å². The normalized spacial score (nSPS) is 14.9. The Morgan fingerprint density at radius 1 is 1.07 bits per heavy atom. The van der Waals surface area contributed by atoms with Gasteiger partial charge in [0.1, 0.15) is 5.82 Å². The summed E-state index contributed by atoms with van der Waals surface area (Å²) in [5, 5.41) is 0.765. The van der Waals surface area contributed by atoms with Crippen LogP contribution in [0.4, 0.5) is 5.69 Å². The van der Waals surface area contributed by atoms with Gasteiger partial charge in [0.05, 0.1) is 11.0 Å². The Kier molecular flexibility index (Phi) is 7.60. The number of guanidine groups is 1. The summed E-state index contributed by atoms with van der Waals surface area (Å²) in [5.74, 6) is 1.65. The number of aryl methyl sites for hydroxylation is 1. The predicted molar refractivity (Wildman–Crippen MR) is 132 cm³/mol. The Morgan fingerprint density at radius 3 is 2.52 bits per heavy atom. The van der Waals surface area contributed by atoms with E-state index in [1.807, 2.05) is 36.4 Å². The first kappa shape index (κ1) is 21.7. The number of H-pyrrole nitrogens is 1. The molecule has 3 N–H and O–H groups in total. The first-order valence-corrected chi connectivity index (χ1v) is 10.1. The first-order valence-electron chi connectivity index (χ1n) is 9.68. The number of rotatable bonds is 5. The number of nitrogens with two attached hydrogens (primary N) is 1. The molecule has 0 bridgehead atoms. The van der Waals surface area contributed by atoms with Crippen molar-refractivity contribution in [2.45, 2.75) is 12.8 Å². The summed E-state index contributed by atoms with van der Waals surface area (Å²) in [6, 6.07) is 16.1. The number of fused-ring (bicyclic) bond motifs is 1. The first-order chi connectivity index (χ1) is 13.7. The van der Waals surface area contributed by atoms with E-state index in [4.69, 9.17) is 17.3 Å². The van der Waals surface area contributed by atoms with Crippen LogP contribution in [-0.4, -0.2) is 53.6 Å². The number of nitrogens with zero attached hydrogens (tertiary/aromatic N) is 4. The lowest BCUT2D eigenvalue weighted by Crippen LogP contribution is -2.51. The van der Waals surface area contributed by atoms with Gasteiger partial charge in [-0.3, -0.25) is 4.99 Å². The SMILES string of the molecule is I.NC(=NCCCc1nc2ccccc2[nH]1)N1CCN(c2ccc(Cl)cc2)CC1. The summed E-state index contributed by atoms with van der Waals surface area (Å²) in [4.78, 5) is 17.0. The fourth-order valence-electron chi connectivity index (χ4n) is 3.51. The second-order valence-corrected chi connectivity index (χ2v) is 7.43. The van der Waals surface area contributed by atoms with Crippen molar-refractivity contribution in [3.05, 3.63) is 59.4 Å². The zero-order valence-electron chi connectivity index (χ0n) is 16.2. The lowest BCUT2D eigenvalue weighted by atomic mass is 10.2. The fraction of sp³-hybridized carbons (Fsp3) is 0.333. The van der Waals surface area contributed by atoms with Crippen molar-refractivity contribution in [2.24, 2.45) is 10.7 Å². The maximum absolute atomic E-state index is 6.21. The topological polar surface area (TPSA) is 73.5 Å². The van der Waals surface area contributed by atoms with Crippen LogP contribution in [-0.2, 0) is 6.42 Å². The molecule has 29 heavy (non-hydrogen) atoms. The molecule has 2 heterocycles. The summed E-state index contributed by atoms with van der Waals surface area (Å²) in [7, 11) is 0. The van der Waals surface area contributed by atoms with Gasteiger partial charge in [-0.15, -0.1) is 24.0 Å². The van der Waals surface area contributed by atoms with Crippen LogP contribution < -0.4 is 10.6 Å². The zero-order chi connectivity index (χ0) is 19.3. The van der Waals surface area contributed by atoms with E-state index in [0.29, 0.717) is 12.5 Å². The van der Waals surface area contributed by atoms with Gasteiger partial charge in [-0.2, -0.15) is 0 Å². The lowest BCUT2D eigenvalue weighted by molar-refractivity contribution is 0.380. The van der Waals surface area contributed by atoms with Gasteiger partial charge in [-0.1, -0.05) is 23.7 Å². The van der Waals surface area contributed by atoms with Gasteiger partial charge in [0.2, 0.25) is 0 Å². The number of hydrogen-bond acceptors (Lipinski definition) is 3. The number of imidazole rings is 1. The Labute approximate surface area is 193 Å². The van der Waals surface area contributed by atoms with Crippen molar-refractivity contribution in [3.8, 4) is 0 Å². The molecule has 0 radical (unpaired) electrons. The average Bonchev–Trinajstić information content (AvgIpc) is 3.15. The molecule has 1 aromatic heterocycles. The van der Waals surface area contributed by atoms with Gasteiger partial charge in [0, 0.05) is 49.9 Å². The number of piperazine rings is 1. The van der Waals surface area contributed by atoms with Gasteiger partial charge in [0.25, 0.3) is 0 Å². The number of halogens is 2. The minimum absolute atomic E-state index is 0. The molecule has 1 fully saturated rings. The van der Waals surface area contributed by atoms with Crippen LogP contribution in [0, 0.1) is 0 Å². The smallest absolute Gasteiger partial charge is 0.191 e. The molecule has 6 nitrogen and oxygen atoms in total.